The van der Waals surface area contributed by atoms with Gasteiger partial charge in [-0.3, -0.25) is 0 Å². The zero-order chi connectivity index (χ0) is 9.10. The molecule has 0 aliphatic carbocycles. The molecule has 0 unspecified atom stereocenters. The Bertz CT molecular complexity index is 325. The van der Waals surface area contributed by atoms with Gasteiger partial charge in [-0.1, -0.05) is 0 Å². The zero-order valence-corrected chi connectivity index (χ0v) is 6.90. The van der Waals surface area contributed by atoms with Gasteiger partial charge in [-0.2, -0.15) is 5.26 Å². The maximum atomic E-state index is 8.46. The molecule has 66 valence electrons. The average Bonchev–Trinajstić information content (AvgIpc) is 2.12. The van der Waals surface area contributed by atoms with Gasteiger partial charge in [-0.25, -0.2) is 9.97 Å². The molecule has 0 spiro atoms. The summed E-state index contributed by atoms with van der Waals surface area (Å²) in [7, 11) is 0. The van der Waals surface area contributed by atoms with Crippen LogP contribution in [0.25, 0.3) is 0 Å². The predicted molar refractivity (Wildman–Crippen MR) is 44.0 cm³/mol. The fourth-order valence-electron chi connectivity index (χ4n) is 0.951. The summed E-state index contributed by atoms with van der Waals surface area (Å²) in [6, 6.07) is 1.89. The van der Waals surface area contributed by atoms with E-state index in [1.807, 2.05) is 6.07 Å². The second-order valence-electron chi connectivity index (χ2n) is 2.75. The summed E-state index contributed by atoms with van der Waals surface area (Å²) < 4.78 is 5.40. The summed E-state index contributed by atoms with van der Waals surface area (Å²) >= 11 is 0. The molecule has 2 heterocycles. The first kappa shape index (κ1) is 7.95. The number of ether oxygens (including phenoxy) is 1. The molecule has 1 N–H and O–H groups in total. The Kier molecular flexibility index (Phi) is 2.06. The van der Waals surface area contributed by atoms with Crippen LogP contribution in [0, 0.1) is 11.3 Å². The van der Waals surface area contributed by atoms with Crippen molar-refractivity contribution >= 4 is 0 Å². The first-order chi connectivity index (χ1) is 6.38. The Morgan fingerprint density at radius 1 is 1.46 bits per heavy atom. The van der Waals surface area contributed by atoms with E-state index in [1.165, 1.54) is 12.4 Å². The quantitative estimate of drug-likeness (QED) is 0.669. The van der Waals surface area contributed by atoms with E-state index in [9.17, 15) is 0 Å². The van der Waals surface area contributed by atoms with Crippen molar-refractivity contribution in [2.24, 2.45) is 0 Å². The minimum atomic E-state index is 0.197. The van der Waals surface area contributed by atoms with Crippen LogP contribution in [0.2, 0.25) is 0 Å². The molecule has 0 bridgehead atoms. The molecule has 1 aromatic heterocycles. The molecular formula is C8H8N4O. The van der Waals surface area contributed by atoms with Gasteiger partial charge in [0, 0.05) is 13.1 Å². The monoisotopic (exact) mass is 176 g/mol. The molecule has 13 heavy (non-hydrogen) atoms. The van der Waals surface area contributed by atoms with Crippen LogP contribution in [0.3, 0.4) is 0 Å². The minimum Gasteiger partial charge on any atom is -0.471 e. The van der Waals surface area contributed by atoms with Gasteiger partial charge >= 0.3 is 0 Å². The third kappa shape index (κ3) is 1.73. The number of nitrogens with zero attached hydrogens (tertiary/aromatic N) is 3. The number of hydrogen-bond acceptors (Lipinski definition) is 5. The van der Waals surface area contributed by atoms with Crippen LogP contribution in [-0.2, 0) is 0 Å². The molecule has 1 saturated heterocycles. The molecule has 1 aliphatic rings. The summed E-state index contributed by atoms with van der Waals surface area (Å²) in [5.74, 6) is 0.477. The molecule has 1 aromatic rings. The third-order valence-electron chi connectivity index (χ3n) is 1.77. The van der Waals surface area contributed by atoms with E-state index in [2.05, 4.69) is 15.3 Å². The summed E-state index contributed by atoms with van der Waals surface area (Å²) in [6.45, 7) is 1.70. The molecule has 2 rings (SSSR count). The lowest BCUT2D eigenvalue weighted by Crippen LogP contribution is -2.50. The lowest BCUT2D eigenvalue weighted by Gasteiger charge is -2.26. The van der Waals surface area contributed by atoms with Crippen molar-refractivity contribution in [3.8, 4) is 11.9 Å². The first-order valence-electron chi connectivity index (χ1n) is 3.98. The number of nitrogens with one attached hydrogen (secondary N) is 1. The normalized spacial score (nSPS) is 15.9. The van der Waals surface area contributed by atoms with Gasteiger partial charge in [0.2, 0.25) is 5.88 Å². The van der Waals surface area contributed by atoms with Crippen molar-refractivity contribution in [3.05, 3.63) is 18.1 Å². The van der Waals surface area contributed by atoms with E-state index in [-0.39, 0.29) is 6.10 Å². The van der Waals surface area contributed by atoms with Crippen molar-refractivity contribution in [1.82, 2.24) is 15.3 Å². The minimum absolute atomic E-state index is 0.197. The molecule has 5 nitrogen and oxygen atoms in total. The van der Waals surface area contributed by atoms with Crippen LogP contribution < -0.4 is 10.1 Å². The van der Waals surface area contributed by atoms with E-state index in [0.29, 0.717) is 11.6 Å². The second-order valence-corrected chi connectivity index (χ2v) is 2.75. The standard InChI is InChI=1S/C8H8N4O/c9-1-6-2-12-8(5-11-6)13-7-3-10-4-7/h2,5,7,10H,3-4H2. The Hall–Kier alpha value is -1.67. The first-order valence-corrected chi connectivity index (χ1v) is 3.98. The van der Waals surface area contributed by atoms with Crippen LogP contribution in [0.15, 0.2) is 12.4 Å². The summed E-state index contributed by atoms with van der Waals surface area (Å²) in [5.41, 5.74) is 0.305. The van der Waals surface area contributed by atoms with Gasteiger partial charge in [0.25, 0.3) is 0 Å². The number of aromatic nitrogens is 2. The van der Waals surface area contributed by atoms with Gasteiger partial charge in [0.15, 0.2) is 5.69 Å². The Morgan fingerprint density at radius 2 is 2.31 bits per heavy atom. The van der Waals surface area contributed by atoms with Crippen LogP contribution >= 0.6 is 0 Å². The molecule has 0 amide bonds. The molecule has 0 saturated carbocycles. The molecular weight excluding hydrogens is 168 g/mol. The molecule has 5 heteroatoms. The fourth-order valence-corrected chi connectivity index (χ4v) is 0.951. The van der Waals surface area contributed by atoms with Crippen LogP contribution in [0.1, 0.15) is 5.69 Å². The highest BCUT2D eigenvalue weighted by atomic mass is 16.5. The van der Waals surface area contributed by atoms with Gasteiger partial charge < -0.3 is 10.1 Å². The van der Waals surface area contributed by atoms with Crippen LogP contribution in [0.5, 0.6) is 5.88 Å². The van der Waals surface area contributed by atoms with Gasteiger partial charge in [-0.05, 0) is 0 Å². The molecule has 1 fully saturated rings. The summed E-state index contributed by atoms with van der Waals surface area (Å²) in [4.78, 5) is 7.78. The van der Waals surface area contributed by atoms with E-state index in [1.54, 1.807) is 0 Å². The molecule has 0 radical (unpaired) electrons. The van der Waals surface area contributed by atoms with Crippen molar-refractivity contribution in [2.75, 3.05) is 13.1 Å². The third-order valence-corrected chi connectivity index (χ3v) is 1.77. The number of rotatable bonds is 2. The van der Waals surface area contributed by atoms with E-state index < -0.39 is 0 Å². The fraction of sp³-hybridized carbons (Fsp3) is 0.375. The van der Waals surface area contributed by atoms with E-state index >= 15 is 0 Å². The largest absolute Gasteiger partial charge is 0.471 e. The average molecular weight is 176 g/mol. The van der Waals surface area contributed by atoms with Crippen molar-refractivity contribution < 1.29 is 4.74 Å². The zero-order valence-electron chi connectivity index (χ0n) is 6.90. The van der Waals surface area contributed by atoms with Gasteiger partial charge in [0.1, 0.15) is 12.2 Å². The maximum absolute atomic E-state index is 8.46. The van der Waals surface area contributed by atoms with Crippen LogP contribution in [-0.4, -0.2) is 29.2 Å². The second kappa shape index (κ2) is 3.37. The Morgan fingerprint density at radius 3 is 2.77 bits per heavy atom. The van der Waals surface area contributed by atoms with Gasteiger partial charge in [-0.15, -0.1) is 0 Å². The smallest absolute Gasteiger partial charge is 0.232 e. The van der Waals surface area contributed by atoms with Crippen LogP contribution in [0.4, 0.5) is 0 Å². The van der Waals surface area contributed by atoms with E-state index in [4.69, 9.17) is 10.00 Å². The highest BCUT2D eigenvalue weighted by Gasteiger charge is 2.18. The lowest BCUT2D eigenvalue weighted by molar-refractivity contribution is 0.135. The van der Waals surface area contributed by atoms with Crippen molar-refractivity contribution in [2.45, 2.75) is 6.10 Å². The van der Waals surface area contributed by atoms with E-state index in [0.717, 1.165) is 13.1 Å². The lowest BCUT2D eigenvalue weighted by atomic mass is 10.2. The number of nitriles is 1. The molecule has 1 aliphatic heterocycles. The molecule has 0 aromatic carbocycles. The summed E-state index contributed by atoms with van der Waals surface area (Å²) in [6.07, 6.45) is 3.07. The summed E-state index contributed by atoms with van der Waals surface area (Å²) in [5, 5.41) is 11.5. The van der Waals surface area contributed by atoms with Crippen molar-refractivity contribution in [3.63, 3.8) is 0 Å². The maximum Gasteiger partial charge on any atom is 0.232 e. The SMILES string of the molecule is N#Cc1cnc(OC2CNC2)cn1. The number of hydrogen-bond donors (Lipinski definition) is 1. The topological polar surface area (TPSA) is 70.8 Å². The molecule has 0 atom stereocenters. The Balaban J connectivity index is 2.01. The highest BCUT2D eigenvalue weighted by Crippen LogP contribution is 2.08. The van der Waals surface area contributed by atoms with Crippen molar-refractivity contribution in [1.29, 1.82) is 5.26 Å². The van der Waals surface area contributed by atoms with Gasteiger partial charge in [0.05, 0.1) is 12.4 Å². The Labute approximate surface area is 75.4 Å². The predicted octanol–water partition coefficient (Wildman–Crippen LogP) is -0.301. The highest BCUT2D eigenvalue weighted by molar-refractivity contribution is 5.18.